The van der Waals surface area contributed by atoms with E-state index in [1.54, 1.807) is 14.0 Å². The largest absolute Gasteiger partial charge is 0.496 e. The van der Waals surface area contributed by atoms with Gasteiger partial charge in [-0.1, -0.05) is 81.3 Å². The lowest BCUT2D eigenvalue weighted by molar-refractivity contribution is -0.150. The Morgan fingerprint density at radius 1 is 1.05 bits per heavy atom. The minimum atomic E-state index is -1.22. The average Bonchev–Trinajstić information content (AvgIpc) is 3.72. The summed E-state index contributed by atoms with van der Waals surface area (Å²) in [4.78, 5) is 62.4. The Bertz CT molecular complexity index is 2030. The maximum atomic E-state index is 14.7. The molecule has 4 aliphatic rings. The molecule has 56 heavy (non-hydrogen) atoms. The van der Waals surface area contributed by atoms with Gasteiger partial charge in [-0.3, -0.25) is 9.59 Å². The molecule has 2 fully saturated rings. The zero-order chi connectivity index (χ0) is 39.5. The first-order valence-corrected chi connectivity index (χ1v) is 19.8. The van der Waals surface area contributed by atoms with Crippen molar-refractivity contribution in [1.29, 1.82) is 0 Å². The number of rotatable bonds is 4. The number of aromatic nitrogens is 1. The van der Waals surface area contributed by atoms with E-state index in [2.05, 4.69) is 16.7 Å². The van der Waals surface area contributed by atoms with Crippen molar-refractivity contribution in [2.45, 2.75) is 95.9 Å². The lowest BCUT2D eigenvalue weighted by Gasteiger charge is -2.30. The van der Waals surface area contributed by atoms with E-state index in [9.17, 15) is 19.2 Å². The second kappa shape index (κ2) is 16.4. The first kappa shape index (κ1) is 38.9. The van der Waals surface area contributed by atoms with Crippen LogP contribution < -0.4 is 20.1 Å². The van der Waals surface area contributed by atoms with Gasteiger partial charge in [-0.25, -0.2) is 14.6 Å². The number of hydrogen-bond acceptors (Lipinski definition) is 9. The van der Waals surface area contributed by atoms with E-state index < -0.39 is 53.0 Å². The summed E-state index contributed by atoms with van der Waals surface area (Å²) in [6, 6.07) is 13.6. The van der Waals surface area contributed by atoms with E-state index in [1.807, 2.05) is 80.6 Å². The van der Waals surface area contributed by atoms with Gasteiger partial charge in [0, 0.05) is 46.4 Å². The van der Waals surface area contributed by atoms with Gasteiger partial charge >= 0.3 is 12.1 Å². The fraction of sp³-hybridized carbons (Fsp3) is 0.477. The van der Waals surface area contributed by atoms with E-state index in [1.165, 1.54) is 4.90 Å². The van der Waals surface area contributed by atoms with Crippen LogP contribution in [0.25, 0.3) is 28.2 Å². The summed E-state index contributed by atoms with van der Waals surface area (Å²) in [5.74, 6) is -0.414. The number of nitrogens with zero attached hydrogens (tertiary/aromatic N) is 2. The summed E-state index contributed by atoms with van der Waals surface area (Å²) < 4.78 is 23.9. The first-order chi connectivity index (χ1) is 27.0. The van der Waals surface area contributed by atoms with Gasteiger partial charge in [0.15, 0.2) is 0 Å². The first-order valence-electron chi connectivity index (χ1n) is 19.8. The maximum Gasteiger partial charge on any atom is 0.407 e. The van der Waals surface area contributed by atoms with Gasteiger partial charge in [0.2, 0.25) is 11.8 Å². The van der Waals surface area contributed by atoms with Crippen LogP contribution in [0.15, 0.2) is 66.8 Å². The Morgan fingerprint density at radius 2 is 1.88 bits per heavy atom. The highest BCUT2D eigenvalue weighted by molar-refractivity contribution is 5.97. The zero-order valence-electron chi connectivity index (χ0n) is 32.7. The fourth-order valence-corrected chi connectivity index (χ4v) is 7.98. The fourth-order valence-electron chi connectivity index (χ4n) is 7.98. The molecule has 2 N–H and O–H groups in total. The van der Waals surface area contributed by atoms with Gasteiger partial charge in [0.1, 0.15) is 35.2 Å². The van der Waals surface area contributed by atoms with Crippen molar-refractivity contribution in [2.24, 2.45) is 11.3 Å². The van der Waals surface area contributed by atoms with Crippen molar-refractivity contribution in [3.05, 3.63) is 72.3 Å². The molecule has 3 aromatic rings. The molecule has 2 aromatic carbocycles. The SMILES string of the molecule is CCOC(=O)[C@@]12C[C@H]1/C=C\CCCCC[C@@H]1NC(=O)OCC(C)(C)C/C=C/c3cc4c(cc(-c5ccccc5)nc4cc3OC)O[C@@H]3C[C@@H](C(=O)N2)N(C3)C1=O. The van der Waals surface area contributed by atoms with Gasteiger partial charge in [0.05, 0.1) is 38.1 Å². The smallest absolute Gasteiger partial charge is 0.407 e. The number of esters is 1. The Kier molecular flexibility index (Phi) is 11.4. The van der Waals surface area contributed by atoms with Crippen molar-refractivity contribution in [3.8, 4) is 22.8 Å². The molecule has 1 saturated carbocycles. The zero-order valence-corrected chi connectivity index (χ0v) is 32.7. The van der Waals surface area contributed by atoms with Crippen LogP contribution in [0.5, 0.6) is 11.5 Å². The van der Waals surface area contributed by atoms with Gasteiger partial charge in [-0.2, -0.15) is 0 Å². The van der Waals surface area contributed by atoms with Crippen LogP contribution in [-0.2, 0) is 23.9 Å². The lowest BCUT2D eigenvalue weighted by Crippen LogP contribution is -2.56. The molecule has 5 bridgehead atoms. The highest BCUT2D eigenvalue weighted by atomic mass is 16.6. The van der Waals surface area contributed by atoms with Crippen LogP contribution in [0.1, 0.15) is 77.7 Å². The number of hydrogen-bond donors (Lipinski definition) is 2. The quantitative estimate of drug-likeness (QED) is 0.218. The molecule has 1 aromatic heterocycles. The minimum absolute atomic E-state index is 0.0698. The molecule has 0 radical (unpaired) electrons. The lowest BCUT2D eigenvalue weighted by atomic mass is 9.90. The van der Waals surface area contributed by atoms with Crippen LogP contribution in [0.4, 0.5) is 4.79 Å². The number of amides is 3. The van der Waals surface area contributed by atoms with Gasteiger partial charge in [-0.05, 0) is 45.1 Å². The van der Waals surface area contributed by atoms with E-state index in [-0.39, 0.29) is 32.1 Å². The standard InChI is InChI=1S/C44H52N4O8/c1-5-54-41(51)44-25-30(44)18-12-7-6-8-13-19-33-40(50)48-26-31(22-36(48)39(49)47-44)56-38-23-34(28-15-10-9-11-16-28)45-35-24-37(53-4)29(21-32(35)38)17-14-20-43(2,3)27-55-42(52)46-33/h9-12,14-18,21,23-24,30-31,33,36H,5-8,13,19-20,22,25-27H2,1-4H3,(H,46,52)(H,47,49)/b17-14+,18-12-/t30-,31-,33+,36+,44-/m1/s1. The van der Waals surface area contributed by atoms with Crippen molar-refractivity contribution in [2.75, 3.05) is 26.9 Å². The monoisotopic (exact) mass is 764 g/mol. The third kappa shape index (κ3) is 8.39. The number of allylic oxidation sites excluding steroid dienone is 2. The van der Waals surface area contributed by atoms with E-state index in [0.29, 0.717) is 48.4 Å². The molecule has 4 heterocycles. The van der Waals surface area contributed by atoms with Crippen molar-refractivity contribution in [1.82, 2.24) is 20.5 Å². The molecule has 7 rings (SSSR count). The van der Waals surface area contributed by atoms with Crippen LogP contribution in [-0.4, -0.2) is 84.4 Å². The maximum absolute atomic E-state index is 14.7. The van der Waals surface area contributed by atoms with E-state index >= 15 is 0 Å². The van der Waals surface area contributed by atoms with Gasteiger partial charge in [0.25, 0.3) is 0 Å². The Balaban J connectivity index is 1.32. The number of fused-ring (bicyclic) bond motifs is 4. The third-order valence-corrected chi connectivity index (χ3v) is 11.2. The van der Waals surface area contributed by atoms with Crippen molar-refractivity contribution >= 4 is 40.9 Å². The second-order valence-corrected chi connectivity index (χ2v) is 16.1. The number of carbonyl (C=O) groups excluding carboxylic acids is 4. The molecule has 12 heteroatoms. The Morgan fingerprint density at radius 3 is 2.66 bits per heavy atom. The predicted octanol–water partition coefficient (Wildman–Crippen LogP) is 6.75. The predicted molar refractivity (Wildman–Crippen MR) is 212 cm³/mol. The van der Waals surface area contributed by atoms with E-state index in [4.69, 9.17) is 23.9 Å². The van der Waals surface area contributed by atoms with Crippen LogP contribution >= 0.6 is 0 Å². The molecular formula is C44H52N4O8. The molecule has 0 unspecified atom stereocenters. The number of methoxy groups -OCH3 is 1. The molecular weight excluding hydrogens is 713 g/mol. The highest BCUT2D eigenvalue weighted by Gasteiger charge is 2.62. The number of carbonyl (C=O) groups is 4. The summed E-state index contributed by atoms with van der Waals surface area (Å²) >= 11 is 0. The number of cyclic esters (lactones) is 1. The van der Waals surface area contributed by atoms with Crippen LogP contribution in [0, 0.1) is 11.3 Å². The van der Waals surface area contributed by atoms with Crippen LogP contribution in [0.2, 0.25) is 0 Å². The van der Waals surface area contributed by atoms with Gasteiger partial charge < -0.3 is 34.5 Å². The number of pyridine rings is 1. The second-order valence-electron chi connectivity index (χ2n) is 16.1. The minimum Gasteiger partial charge on any atom is -0.496 e. The Hall–Kier alpha value is -5.39. The van der Waals surface area contributed by atoms with Crippen molar-refractivity contribution in [3.63, 3.8) is 0 Å². The molecule has 296 valence electrons. The average molecular weight is 765 g/mol. The molecule has 5 atom stereocenters. The number of alkyl carbamates (subject to hydrolysis) is 1. The third-order valence-electron chi connectivity index (χ3n) is 11.2. The molecule has 3 amide bonds. The number of benzene rings is 2. The van der Waals surface area contributed by atoms with Crippen LogP contribution in [0.3, 0.4) is 0 Å². The molecule has 1 saturated heterocycles. The molecule has 12 nitrogen and oxygen atoms in total. The summed E-state index contributed by atoms with van der Waals surface area (Å²) in [5.41, 5.74) is 1.41. The number of nitrogens with one attached hydrogen (secondary N) is 2. The summed E-state index contributed by atoms with van der Waals surface area (Å²) in [7, 11) is 1.62. The topological polar surface area (TPSA) is 145 Å². The highest BCUT2D eigenvalue weighted by Crippen LogP contribution is 2.46. The Labute approximate surface area is 328 Å². The van der Waals surface area contributed by atoms with Gasteiger partial charge in [-0.15, -0.1) is 0 Å². The summed E-state index contributed by atoms with van der Waals surface area (Å²) in [6.07, 6.45) is 11.4. The molecule has 0 spiro atoms. The van der Waals surface area contributed by atoms with E-state index in [0.717, 1.165) is 35.8 Å². The van der Waals surface area contributed by atoms with Crippen molar-refractivity contribution < 1.29 is 38.1 Å². The summed E-state index contributed by atoms with van der Waals surface area (Å²) in [5, 5.41) is 6.62. The normalized spacial score (nSPS) is 27.9. The number of ether oxygens (including phenoxy) is 4. The molecule has 3 aliphatic heterocycles. The molecule has 1 aliphatic carbocycles. The summed E-state index contributed by atoms with van der Waals surface area (Å²) in [6.45, 7) is 6.11.